The van der Waals surface area contributed by atoms with Crippen LogP contribution in [-0.4, -0.2) is 5.17 Å². The molecular weight excluding hydrogens is 254 g/mol. The minimum atomic E-state index is 0.521. The minimum absolute atomic E-state index is 0.521. The molecular formula is C17H16ClN. The van der Waals surface area contributed by atoms with E-state index in [0.717, 1.165) is 28.0 Å². The fourth-order valence-corrected chi connectivity index (χ4v) is 2.20. The third kappa shape index (κ3) is 3.12. The molecule has 0 radical (unpaired) electrons. The van der Waals surface area contributed by atoms with Gasteiger partial charge in [-0.25, -0.2) is 4.99 Å². The van der Waals surface area contributed by atoms with E-state index in [2.05, 4.69) is 29.8 Å². The second-order valence-electron chi connectivity index (χ2n) is 4.45. The molecule has 96 valence electrons. The van der Waals surface area contributed by atoms with Crippen LogP contribution in [0.15, 0.2) is 60.1 Å². The maximum atomic E-state index is 5.91. The molecule has 1 nitrogen and oxygen atoms in total. The molecule has 0 aliphatic rings. The molecule has 0 saturated carbocycles. The maximum Gasteiger partial charge on any atom is 0.103 e. The topological polar surface area (TPSA) is 12.4 Å². The van der Waals surface area contributed by atoms with Crippen molar-refractivity contribution in [1.82, 2.24) is 0 Å². The van der Waals surface area contributed by atoms with E-state index in [1.807, 2.05) is 37.3 Å². The maximum absolute atomic E-state index is 5.91. The largest absolute Gasteiger partial charge is 0.241 e. The van der Waals surface area contributed by atoms with Gasteiger partial charge in [0, 0.05) is 5.56 Å². The SMILES string of the molecule is C=C(C)c1c(N=C(C)Cl)cccc1-c1ccccc1. The molecule has 2 aromatic carbocycles. The second-order valence-corrected chi connectivity index (χ2v) is 5.00. The Hall–Kier alpha value is -1.86. The molecule has 0 aliphatic heterocycles. The highest BCUT2D eigenvalue weighted by molar-refractivity contribution is 6.65. The highest BCUT2D eigenvalue weighted by Crippen LogP contribution is 2.35. The highest BCUT2D eigenvalue weighted by Gasteiger charge is 2.10. The molecule has 0 N–H and O–H groups in total. The van der Waals surface area contributed by atoms with Crippen molar-refractivity contribution in [2.75, 3.05) is 0 Å². The quantitative estimate of drug-likeness (QED) is 0.636. The van der Waals surface area contributed by atoms with Crippen LogP contribution in [-0.2, 0) is 0 Å². The Morgan fingerprint density at radius 2 is 1.68 bits per heavy atom. The van der Waals surface area contributed by atoms with Crippen molar-refractivity contribution in [1.29, 1.82) is 0 Å². The van der Waals surface area contributed by atoms with E-state index >= 15 is 0 Å². The normalized spacial score (nSPS) is 11.4. The summed E-state index contributed by atoms with van der Waals surface area (Å²) >= 11 is 5.91. The number of aliphatic imine (C=N–C) groups is 1. The van der Waals surface area contributed by atoms with Crippen LogP contribution in [0.1, 0.15) is 19.4 Å². The molecule has 0 aliphatic carbocycles. The van der Waals surface area contributed by atoms with E-state index in [-0.39, 0.29) is 0 Å². The zero-order valence-electron chi connectivity index (χ0n) is 11.2. The number of rotatable bonds is 3. The molecule has 19 heavy (non-hydrogen) atoms. The third-order valence-corrected chi connectivity index (χ3v) is 2.91. The van der Waals surface area contributed by atoms with Crippen LogP contribution in [0.3, 0.4) is 0 Å². The Bertz CT molecular complexity index is 623. The molecule has 0 bridgehead atoms. The summed E-state index contributed by atoms with van der Waals surface area (Å²) in [5.74, 6) is 0. The third-order valence-electron chi connectivity index (χ3n) is 2.83. The molecule has 0 spiro atoms. The first-order chi connectivity index (χ1) is 9.09. The number of hydrogen-bond acceptors (Lipinski definition) is 1. The van der Waals surface area contributed by atoms with Crippen molar-refractivity contribution in [3.63, 3.8) is 0 Å². The Morgan fingerprint density at radius 3 is 2.26 bits per heavy atom. The van der Waals surface area contributed by atoms with Crippen molar-refractivity contribution in [2.45, 2.75) is 13.8 Å². The lowest BCUT2D eigenvalue weighted by Gasteiger charge is -2.12. The molecule has 0 saturated heterocycles. The fraction of sp³-hybridized carbons (Fsp3) is 0.118. The average molecular weight is 270 g/mol. The van der Waals surface area contributed by atoms with Gasteiger partial charge in [0.2, 0.25) is 0 Å². The predicted octanol–water partition coefficient (Wildman–Crippen LogP) is 5.68. The first kappa shape index (κ1) is 13.6. The summed E-state index contributed by atoms with van der Waals surface area (Å²) < 4.78 is 0. The Morgan fingerprint density at radius 1 is 1.00 bits per heavy atom. The summed E-state index contributed by atoms with van der Waals surface area (Å²) in [7, 11) is 0. The lowest BCUT2D eigenvalue weighted by atomic mass is 9.94. The molecule has 2 rings (SSSR count). The van der Waals surface area contributed by atoms with Crippen molar-refractivity contribution in [3.05, 3.63) is 60.7 Å². The molecule has 0 heterocycles. The predicted molar refractivity (Wildman–Crippen MR) is 85.2 cm³/mol. The van der Waals surface area contributed by atoms with Gasteiger partial charge < -0.3 is 0 Å². The van der Waals surface area contributed by atoms with Gasteiger partial charge in [-0.15, -0.1) is 0 Å². The molecule has 0 atom stereocenters. The molecule has 2 aromatic rings. The van der Waals surface area contributed by atoms with Crippen molar-refractivity contribution in [3.8, 4) is 11.1 Å². The Labute approximate surface area is 119 Å². The summed E-state index contributed by atoms with van der Waals surface area (Å²) in [4.78, 5) is 4.39. The summed E-state index contributed by atoms with van der Waals surface area (Å²) in [5.41, 5.74) is 5.18. The molecule has 0 aromatic heterocycles. The van der Waals surface area contributed by atoms with Crippen LogP contribution in [0.25, 0.3) is 16.7 Å². The summed E-state index contributed by atoms with van der Waals surface area (Å²) in [5, 5.41) is 0.521. The summed E-state index contributed by atoms with van der Waals surface area (Å²) in [6.07, 6.45) is 0. The van der Waals surface area contributed by atoms with E-state index in [9.17, 15) is 0 Å². The first-order valence-corrected chi connectivity index (χ1v) is 6.52. The van der Waals surface area contributed by atoms with Crippen LogP contribution in [0, 0.1) is 0 Å². The van der Waals surface area contributed by atoms with Gasteiger partial charge in [-0.2, -0.15) is 0 Å². The number of hydrogen-bond donors (Lipinski definition) is 0. The van der Waals surface area contributed by atoms with Crippen LogP contribution in [0.4, 0.5) is 5.69 Å². The van der Waals surface area contributed by atoms with Crippen LogP contribution in [0.2, 0.25) is 0 Å². The zero-order valence-corrected chi connectivity index (χ0v) is 11.9. The van der Waals surface area contributed by atoms with Gasteiger partial charge >= 0.3 is 0 Å². The number of nitrogens with zero attached hydrogens (tertiary/aromatic N) is 1. The molecule has 0 fully saturated rings. The molecule has 0 amide bonds. The molecule has 0 unspecified atom stereocenters. The molecule has 2 heteroatoms. The van der Waals surface area contributed by atoms with Crippen molar-refractivity contribution < 1.29 is 0 Å². The standard InChI is InChI=1S/C17H16ClN/c1-12(2)17-15(14-8-5-4-6-9-14)10-7-11-16(17)19-13(3)18/h4-11H,1H2,2-3H3. The first-order valence-electron chi connectivity index (χ1n) is 6.14. The summed E-state index contributed by atoms with van der Waals surface area (Å²) in [6.45, 7) is 7.83. The van der Waals surface area contributed by atoms with Gasteiger partial charge in [0.1, 0.15) is 5.17 Å². The van der Waals surface area contributed by atoms with Crippen molar-refractivity contribution >= 4 is 28.0 Å². The van der Waals surface area contributed by atoms with Gasteiger partial charge in [-0.05, 0) is 36.6 Å². The van der Waals surface area contributed by atoms with Gasteiger partial charge in [0.15, 0.2) is 0 Å². The zero-order chi connectivity index (χ0) is 13.8. The van der Waals surface area contributed by atoms with E-state index in [1.54, 1.807) is 6.92 Å². The fourth-order valence-electron chi connectivity index (χ4n) is 2.11. The van der Waals surface area contributed by atoms with Gasteiger partial charge in [0.25, 0.3) is 0 Å². The smallest absolute Gasteiger partial charge is 0.103 e. The van der Waals surface area contributed by atoms with Crippen LogP contribution < -0.4 is 0 Å². The van der Waals surface area contributed by atoms with Gasteiger partial charge in [-0.1, -0.05) is 60.6 Å². The monoisotopic (exact) mass is 269 g/mol. The van der Waals surface area contributed by atoms with E-state index < -0.39 is 0 Å². The average Bonchev–Trinajstić information content (AvgIpc) is 2.38. The lowest BCUT2D eigenvalue weighted by molar-refractivity contribution is 1.46. The number of allylic oxidation sites excluding steroid dienone is 1. The van der Waals surface area contributed by atoms with Crippen LogP contribution >= 0.6 is 11.6 Å². The Balaban J connectivity index is 2.69. The van der Waals surface area contributed by atoms with E-state index in [1.165, 1.54) is 0 Å². The van der Waals surface area contributed by atoms with Gasteiger partial charge in [-0.3, -0.25) is 0 Å². The van der Waals surface area contributed by atoms with E-state index in [0.29, 0.717) is 5.17 Å². The van der Waals surface area contributed by atoms with Gasteiger partial charge in [0.05, 0.1) is 5.69 Å². The second kappa shape index (κ2) is 5.85. The van der Waals surface area contributed by atoms with Crippen molar-refractivity contribution in [2.24, 2.45) is 4.99 Å². The van der Waals surface area contributed by atoms with E-state index in [4.69, 9.17) is 11.6 Å². The lowest BCUT2D eigenvalue weighted by Crippen LogP contribution is -1.88. The number of halogens is 1. The summed E-state index contributed by atoms with van der Waals surface area (Å²) in [6, 6.07) is 16.3. The Kier molecular flexibility index (Phi) is 4.18. The van der Waals surface area contributed by atoms with Crippen LogP contribution in [0.5, 0.6) is 0 Å². The minimum Gasteiger partial charge on any atom is -0.241 e. The highest BCUT2D eigenvalue weighted by atomic mass is 35.5. The number of benzene rings is 2.